The second-order valence-corrected chi connectivity index (χ2v) is 8.50. The van der Waals surface area contributed by atoms with E-state index in [0.29, 0.717) is 48.4 Å². The van der Waals surface area contributed by atoms with Crippen LogP contribution in [0, 0.1) is 28.9 Å². The fourth-order valence-electron chi connectivity index (χ4n) is 3.91. The Bertz CT molecular complexity index is 1210. The summed E-state index contributed by atoms with van der Waals surface area (Å²) in [5.74, 6) is -0.666. The van der Waals surface area contributed by atoms with Crippen molar-refractivity contribution < 1.29 is 18.3 Å². The van der Waals surface area contributed by atoms with Crippen molar-refractivity contribution in [2.45, 2.75) is 32.8 Å². The average molecular weight is 463 g/mol. The first-order valence-electron chi connectivity index (χ1n) is 11.1. The molecule has 0 saturated carbocycles. The topological polar surface area (TPSA) is 79.1 Å². The summed E-state index contributed by atoms with van der Waals surface area (Å²) in [5.41, 5.74) is 1.92. The lowest BCUT2D eigenvalue weighted by atomic mass is 10.0. The quantitative estimate of drug-likeness (QED) is 0.534. The van der Waals surface area contributed by atoms with Gasteiger partial charge in [-0.25, -0.2) is 18.7 Å². The van der Waals surface area contributed by atoms with Gasteiger partial charge in [0.15, 0.2) is 0 Å². The number of ether oxygens (including phenoxy) is 1. The molecule has 0 radical (unpaired) electrons. The molecule has 174 valence electrons. The molecule has 3 aromatic rings. The van der Waals surface area contributed by atoms with E-state index in [9.17, 15) is 18.8 Å². The van der Waals surface area contributed by atoms with Crippen LogP contribution in [0.1, 0.15) is 32.4 Å². The second kappa shape index (κ2) is 9.96. The summed E-state index contributed by atoms with van der Waals surface area (Å²) in [6, 6.07) is 13.5. The first kappa shape index (κ1) is 23.3. The number of piperidine rings is 1. The van der Waals surface area contributed by atoms with Gasteiger partial charge in [0.05, 0.1) is 5.69 Å². The Morgan fingerprint density at radius 3 is 1.94 bits per heavy atom. The zero-order chi connectivity index (χ0) is 24.2. The zero-order valence-corrected chi connectivity index (χ0v) is 19.0. The van der Waals surface area contributed by atoms with Crippen LogP contribution < -0.4 is 4.74 Å². The van der Waals surface area contributed by atoms with Gasteiger partial charge < -0.3 is 9.64 Å². The van der Waals surface area contributed by atoms with Crippen molar-refractivity contribution in [1.29, 1.82) is 5.26 Å². The number of carbonyl (C=O) groups excluding carboxylic acids is 1. The highest BCUT2D eigenvalue weighted by Crippen LogP contribution is 2.33. The van der Waals surface area contributed by atoms with Gasteiger partial charge >= 0.3 is 0 Å². The maximum Gasteiger partial charge on any atom is 0.252 e. The average Bonchev–Trinajstić information content (AvgIpc) is 2.85. The summed E-state index contributed by atoms with van der Waals surface area (Å²) in [5, 5.41) is 9.74. The van der Waals surface area contributed by atoms with Crippen molar-refractivity contribution in [3.8, 4) is 34.5 Å². The molecule has 8 heteroatoms. The van der Waals surface area contributed by atoms with Crippen LogP contribution >= 0.6 is 0 Å². The summed E-state index contributed by atoms with van der Waals surface area (Å²) in [4.78, 5) is 23.2. The molecule has 0 spiro atoms. The second-order valence-electron chi connectivity index (χ2n) is 8.50. The highest BCUT2D eigenvalue weighted by atomic mass is 19.1. The van der Waals surface area contributed by atoms with Crippen LogP contribution in [0.2, 0.25) is 0 Å². The summed E-state index contributed by atoms with van der Waals surface area (Å²) in [7, 11) is 0. The number of benzene rings is 2. The van der Waals surface area contributed by atoms with Gasteiger partial charge in [-0.15, -0.1) is 0 Å². The van der Waals surface area contributed by atoms with Crippen LogP contribution in [0.15, 0.2) is 48.5 Å². The van der Waals surface area contributed by atoms with Crippen LogP contribution in [-0.4, -0.2) is 40.0 Å². The molecule has 0 atom stereocenters. The smallest absolute Gasteiger partial charge is 0.252 e. The highest BCUT2D eigenvalue weighted by Gasteiger charge is 2.27. The van der Waals surface area contributed by atoms with Crippen LogP contribution in [0.5, 0.6) is 5.88 Å². The molecule has 0 N–H and O–H groups in total. The third-order valence-electron chi connectivity index (χ3n) is 5.73. The Hall–Kier alpha value is -3.86. The van der Waals surface area contributed by atoms with Gasteiger partial charge in [-0.2, -0.15) is 5.26 Å². The normalized spacial score (nSPS) is 14.2. The molecule has 1 aliphatic heterocycles. The number of hydrogen-bond donors (Lipinski definition) is 0. The minimum absolute atomic E-state index is 0.00544. The summed E-state index contributed by atoms with van der Waals surface area (Å²) < 4.78 is 33.1. The predicted octanol–water partition coefficient (Wildman–Crippen LogP) is 4.99. The minimum atomic E-state index is -0.400. The SMILES string of the molecule is CC(C)C(=O)N1CCC(Oc2nc(-c3ccc(F)cc3)c(-c3ccc(F)cc3)nc2C#N)CC1. The molecule has 6 nitrogen and oxygen atoms in total. The number of nitrogens with zero attached hydrogens (tertiary/aromatic N) is 4. The van der Waals surface area contributed by atoms with E-state index in [1.165, 1.54) is 24.3 Å². The predicted molar refractivity (Wildman–Crippen MR) is 123 cm³/mol. The largest absolute Gasteiger partial charge is 0.472 e. The fourth-order valence-corrected chi connectivity index (χ4v) is 3.91. The Labute approximate surface area is 196 Å². The van der Waals surface area contributed by atoms with E-state index < -0.39 is 11.6 Å². The van der Waals surface area contributed by atoms with Crippen molar-refractivity contribution in [2.75, 3.05) is 13.1 Å². The fraction of sp³-hybridized carbons (Fsp3) is 0.308. The number of aromatic nitrogens is 2. The van der Waals surface area contributed by atoms with Crippen LogP contribution in [0.25, 0.3) is 22.5 Å². The molecule has 4 rings (SSSR count). The number of carbonyl (C=O) groups is 1. The van der Waals surface area contributed by atoms with Crippen LogP contribution in [-0.2, 0) is 4.79 Å². The van der Waals surface area contributed by atoms with E-state index in [-0.39, 0.29) is 29.5 Å². The lowest BCUT2D eigenvalue weighted by molar-refractivity contribution is -0.136. The molecule has 1 fully saturated rings. The van der Waals surface area contributed by atoms with Gasteiger partial charge in [-0.05, 0) is 48.5 Å². The van der Waals surface area contributed by atoms with E-state index in [2.05, 4.69) is 9.97 Å². The molecule has 0 bridgehead atoms. The van der Waals surface area contributed by atoms with Gasteiger partial charge in [0.1, 0.15) is 29.5 Å². The molecule has 2 aromatic carbocycles. The molecule has 34 heavy (non-hydrogen) atoms. The van der Waals surface area contributed by atoms with E-state index in [1.807, 2.05) is 24.8 Å². The third-order valence-corrected chi connectivity index (χ3v) is 5.73. The summed E-state index contributed by atoms with van der Waals surface area (Å²) in [6.45, 7) is 4.88. The lowest BCUT2D eigenvalue weighted by Crippen LogP contribution is -2.43. The lowest BCUT2D eigenvalue weighted by Gasteiger charge is -2.33. The molecular formula is C26H24F2N4O2. The Morgan fingerprint density at radius 2 is 1.47 bits per heavy atom. The standard InChI is InChI=1S/C26H24F2N4O2/c1-16(2)26(33)32-13-11-21(12-14-32)34-25-22(15-29)30-23(17-3-7-19(27)8-4-17)24(31-25)18-5-9-20(28)10-6-18/h3-10,16,21H,11-14H2,1-2H3. The Kier molecular flexibility index (Phi) is 6.82. The highest BCUT2D eigenvalue weighted by molar-refractivity contribution is 5.79. The first-order chi connectivity index (χ1) is 16.4. The maximum absolute atomic E-state index is 13.5. The monoisotopic (exact) mass is 462 g/mol. The molecule has 0 aliphatic carbocycles. The maximum atomic E-state index is 13.5. The summed E-state index contributed by atoms with van der Waals surface area (Å²) >= 11 is 0. The number of halogens is 2. The molecule has 2 heterocycles. The van der Waals surface area contributed by atoms with Gasteiger partial charge in [-0.3, -0.25) is 4.79 Å². The minimum Gasteiger partial charge on any atom is -0.472 e. The Morgan fingerprint density at radius 1 is 0.971 bits per heavy atom. The van der Waals surface area contributed by atoms with E-state index in [4.69, 9.17) is 4.74 Å². The van der Waals surface area contributed by atoms with E-state index in [0.717, 1.165) is 0 Å². The number of amides is 1. The zero-order valence-electron chi connectivity index (χ0n) is 19.0. The Balaban J connectivity index is 1.68. The van der Waals surface area contributed by atoms with Crippen LogP contribution in [0.4, 0.5) is 8.78 Å². The van der Waals surface area contributed by atoms with Gasteiger partial charge in [0.25, 0.3) is 5.88 Å². The number of nitriles is 1. The summed E-state index contributed by atoms with van der Waals surface area (Å²) in [6.07, 6.45) is 0.989. The van der Waals surface area contributed by atoms with Gasteiger partial charge in [0.2, 0.25) is 11.6 Å². The van der Waals surface area contributed by atoms with Crippen molar-refractivity contribution >= 4 is 5.91 Å². The van der Waals surface area contributed by atoms with Crippen molar-refractivity contribution in [3.05, 3.63) is 65.9 Å². The first-order valence-corrected chi connectivity index (χ1v) is 11.1. The molecule has 1 amide bonds. The third kappa shape index (κ3) is 5.04. The molecule has 0 unspecified atom stereocenters. The molecule has 1 aliphatic rings. The number of likely N-dealkylation sites (tertiary alicyclic amines) is 1. The van der Waals surface area contributed by atoms with Crippen molar-refractivity contribution in [1.82, 2.24) is 14.9 Å². The molecule has 1 saturated heterocycles. The van der Waals surface area contributed by atoms with Crippen molar-refractivity contribution in [2.24, 2.45) is 5.92 Å². The van der Waals surface area contributed by atoms with E-state index in [1.54, 1.807) is 24.3 Å². The van der Waals surface area contributed by atoms with Gasteiger partial charge in [0, 0.05) is 43.0 Å². The van der Waals surface area contributed by atoms with Crippen molar-refractivity contribution in [3.63, 3.8) is 0 Å². The molecular weight excluding hydrogens is 438 g/mol. The number of rotatable bonds is 5. The van der Waals surface area contributed by atoms with Gasteiger partial charge in [-0.1, -0.05) is 13.8 Å². The molecule has 1 aromatic heterocycles. The van der Waals surface area contributed by atoms with Crippen LogP contribution in [0.3, 0.4) is 0 Å². The van der Waals surface area contributed by atoms with E-state index >= 15 is 0 Å². The number of hydrogen-bond acceptors (Lipinski definition) is 5.